The second kappa shape index (κ2) is 5.56. The van der Waals surface area contributed by atoms with E-state index in [1.54, 1.807) is 6.07 Å². The third-order valence-corrected chi connectivity index (χ3v) is 6.82. The molecule has 1 fully saturated rings. The molecule has 0 unspecified atom stereocenters. The molecule has 4 nitrogen and oxygen atoms in total. The van der Waals surface area contributed by atoms with Crippen LogP contribution in [-0.4, -0.2) is 30.9 Å². The van der Waals surface area contributed by atoms with Crippen molar-refractivity contribution in [1.29, 1.82) is 0 Å². The Hall–Kier alpha value is -1.47. The Balaban J connectivity index is 2.03. The minimum Gasteiger partial charge on any atom is -0.394 e. The van der Waals surface area contributed by atoms with Crippen molar-refractivity contribution >= 4 is 21.4 Å². The summed E-state index contributed by atoms with van der Waals surface area (Å²) >= 11 is 5.78. The van der Waals surface area contributed by atoms with Gasteiger partial charge in [0.1, 0.15) is 5.82 Å². The van der Waals surface area contributed by atoms with Crippen molar-refractivity contribution in [2.24, 2.45) is 5.73 Å². The molecule has 1 saturated carbocycles. The number of hydrogen-bond acceptors (Lipinski definition) is 4. The molecule has 0 aromatic heterocycles. The van der Waals surface area contributed by atoms with Crippen LogP contribution in [0.2, 0.25) is 5.02 Å². The Morgan fingerprint density at radius 2 is 1.87 bits per heavy atom. The van der Waals surface area contributed by atoms with Crippen molar-refractivity contribution < 1.29 is 17.9 Å². The molecule has 0 aliphatic heterocycles. The number of nitrogens with two attached hydrogens (primary N) is 1. The van der Waals surface area contributed by atoms with Gasteiger partial charge in [0.05, 0.1) is 22.3 Å². The van der Waals surface area contributed by atoms with Gasteiger partial charge in [0, 0.05) is 10.9 Å². The van der Waals surface area contributed by atoms with E-state index in [4.69, 9.17) is 17.3 Å². The summed E-state index contributed by atoms with van der Waals surface area (Å²) in [7, 11) is -3.78. The van der Waals surface area contributed by atoms with E-state index in [0.29, 0.717) is 10.6 Å². The van der Waals surface area contributed by atoms with Gasteiger partial charge < -0.3 is 10.8 Å². The molecule has 3 N–H and O–H groups in total. The fourth-order valence-corrected chi connectivity index (χ4v) is 5.46. The molecule has 122 valence electrons. The van der Waals surface area contributed by atoms with E-state index in [0.717, 1.165) is 0 Å². The zero-order chi connectivity index (χ0) is 16.8. The highest BCUT2D eigenvalue weighted by Gasteiger charge is 2.69. The Morgan fingerprint density at radius 3 is 2.43 bits per heavy atom. The van der Waals surface area contributed by atoms with Gasteiger partial charge in [-0.05, 0) is 42.0 Å². The molecule has 0 spiro atoms. The molecule has 0 saturated heterocycles. The molecule has 1 aliphatic rings. The summed E-state index contributed by atoms with van der Waals surface area (Å²) < 4.78 is 39.1. The van der Waals surface area contributed by atoms with Gasteiger partial charge in [0.15, 0.2) is 9.84 Å². The van der Waals surface area contributed by atoms with Crippen molar-refractivity contribution in [3.8, 4) is 0 Å². The van der Waals surface area contributed by atoms with Gasteiger partial charge in [-0.1, -0.05) is 23.7 Å². The van der Waals surface area contributed by atoms with Crippen molar-refractivity contribution in [3.63, 3.8) is 0 Å². The Bertz CT molecular complexity index is 841. The quantitative estimate of drug-likeness (QED) is 0.880. The molecule has 2 aromatic carbocycles. The molecule has 0 radical (unpaired) electrons. The summed E-state index contributed by atoms with van der Waals surface area (Å²) in [6.07, 6.45) is 0. The van der Waals surface area contributed by atoms with Crippen LogP contribution in [0.4, 0.5) is 4.39 Å². The predicted octanol–water partition coefficient (Wildman–Crippen LogP) is 2.11. The van der Waals surface area contributed by atoms with E-state index in [2.05, 4.69) is 0 Å². The molecule has 7 heteroatoms. The van der Waals surface area contributed by atoms with Gasteiger partial charge in [0.2, 0.25) is 0 Å². The van der Waals surface area contributed by atoms with Crippen LogP contribution in [0.1, 0.15) is 11.5 Å². The molecule has 0 heterocycles. The molecule has 23 heavy (non-hydrogen) atoms. The number of aliphatic hydroxyl groups is 1. The fraction of sp³-hybridized carbons (Fsp3) is 0.250. The van der Waals surface area contributed by atoms with Crippen LogP contribution in [0, 0.1) is 5.82 Å². The first-order chi connectivity index (χ1) is 10.8. The summed E-state index contributed by atoms with van der Waals surface area (Å²) in [5.41, 5.74) is 5.23. The molecule has 0 amide bonds. The Labute approximate surface area is 138 Å². The number of halogens is 2. The Morgan fingerprint density at radius 1 is 1.22 bits per heavy atom. The normalized spacial score (nSPS) is 27.0. The summed E-state index contributed by atoms with van der Waals surface area (Å²) in [6.45, 7) is -0.508. The molecule has 1 aliphatic carbocycles. The molecular formula is C16H15ClFNO3S. The standard InChI is InChI=1S/C16H15ClFNO3S/c17-11-4-6-13(7-5-11)23(21,22)15-14(16(15,19)9-20)10-2-1-3-12(18)8-10/h1-8,14-15,20H,9,19H2/t14-,15+,16+/m1/s1. The van der Waals surface area contributed by atoms with E-state index in [1.807, 2.05) is 0 Å². The second-order valence-electron chi connectivity index (χ2n) is 5.72. The van der Waals surface area contributed by atoms with E-state index >= 15 is 0 Å². The lowest BCUT2D eigenvalue weighted by Crippen LogP contribution is -2.35. The molecule has 2 aromatic rings. The lowest BCUT2D eigenvalue weighted by molar-refractivity contribution is 0.253. The number of rotatable bonds is 4. The van der Waals surface area contributed by atoms with Crippen LogP contribution in [0.5, 0.6) is 0 Å². The third-order valence-electron chi connectivity index (χ3n) is 4.26. The van der Waals surface area contributed by atoms with Crippen molar-refractivity contribution in [3.05, 3.63) is 64.9 Å². The van der Waals surface area contributed by atoms with Gasteiger partial charge in [-0.25, -0.2) is 12.8 Å². The second-order valence-corrected chi connectivity index (χ2v) is 8.23. The number of aliphatic hydroxyl groups excluding tert-OH is 1. The first-order valence-electron chi connectivity index (χ1n) is 6.95. The van der Waals surface area contributed by atoms with Crippen LogP contribution in [0.3, 0.4) is 0 Å². The van der Waals surface area contributed by atoms with E-state index in [9.17, 15) is 17.9 Å². The highest BCUT2D eigenvalue weighted by molar-refractivity contribution is 7.92. The van der Waals surface area contributed by atoms with Crippen LogP contribution >= 0.6 is 11.6 Å². The maximum atomic E-state index is 13.4. The largest absolute Gasteiger partial charge is 0.394 e. The smallest absolute Gasteiger partial charge is 0.183 e. The van der Waals surface area contributed by atoms with Crippen molar-refractivity contribution in [2.75, 3.05) is 6.61 Å². The maximum Gasteiger partial charge on any atom is 0.183 e. The van der Waals surface area contributed by atoms with Crippen LogP contribution in [0.15, 0.2) is 53.4 Å². The van der Waals surface area contributed by atoms with Crippen LogP contribution in [-0.2, 0) is 9.84 Å². The topological polar surface area (TPSA) is 80.4 Å². The SMILES string of the molecule is N[C@@]1(CO)[C@H](c2cccc(F)c2)[C@@H]1S(=O)(=O)c1ccc(Cl)cc1. The van der Waals surface area contributed by atoms with Gasteiger partial charge in [-0.3, -0.25) is 0 Å². The minimum absolute atomic E-state index is 0.0779. The highest BCUT2D eigenvalue weighted by Crippen LogP contribution is 2.55. The zero-order valence-corrected chi connectivity index (χ0v) is 13.6. The van der Waals surface area contributed by atoms with Crippen molar-refractivity contribution in [1.82, 2.24) is 0 Å². The minimum atomic E-state index is -3.78. The van der Waals surface area contributed by atoms with E-state index in [-0.39, 0.29) is 4.90 Å². The van der Waals surface area contributed by atoms with Gasteiger partial charge in [0.25, 0.3) is 0 Å². The lowest BCUT2D eigenvalue weighted by atomic mass is 10.1. The van der Waals surface area contributed by atoms with E-state index in [1.165, 1.54) is 42.5 Å². The van der Waals surface area contributed by atoms with Gasteiger partial charge >= 0.3 is 0 Å². The summed E-state index contributed by atoms with van der Waals surface area (Å²) in [5.74, 6) is -1.14. The fourth-order valence-electron chi connectivity index (χ4n) is 3.04. The average Bonchev–Trinajstić information content (AvgIpc) is 3.15. The predicted molar refractivity (Wildman–Crippen MR) is 85.6 cm³/mol. The number of benzene rings is 2. The first-order valence-corrected chi connectivity index (χ1v) is 8.88. The van der Waals surface area contributed by atoms with E-state index < -0.39 is 39.0 Å². The lowest BCUT2D eigenvalue weighted by Gasteiger charge is -2.08. The van der Waals surface area contributed by atoms with Gasteiger partial charge in [-0.2, -0.15) is 0 Å². The molecule has 0 bridgehead atoms. The summed E-state index contributed by atoms with van der Waals surface area (Å²) in [5, 5.41) is 8.99. The van der Waals surface area contributed by atoms with Crippen molar-refractivity contribution in [2.45, 2.75) is 21.6 Å². The number of hydrogen-bond donors (Lipinski definition) is 2. The summed E-state index contributed by atoms with van der Waals surface area (Å²) in [4.78, 5) is 0.0779. The van der Waals surface area contributed by atoms with Crippen LogP contribution in [0.25, 0.3) is 0 Å². The highest BCUT2D eigenvalue weighted by atomic mass is 35.5. The zero-order valence-electron chi connectivity index (χ0n) is 12.0. The average molecular weight is 356 g/mol. The Kier molecular flexibility index (Phi) is 3.96. The monoisotopic (exact) mass is 355 g/mol. The third kappa shape index (κ3) is 2.65. The van der Waals surface area contributed by atoms with Gasteiger partial charge in [-0.15, -0.1) is 0 Å². The number of sulfone groups is 1. The first kappa shape index (κ1) is 16.4. The molecule has 3 rings (SSSR count). The molecule has 3 atom stereocenters. The maximum absolute atomic E-state index is 13.4. The molecular weight excluding hydrogens is 341 g/mol. The van der Waals surface area contributed by atoms with Crippen LogP contribution < -0.4 is 5.73 Å². The summed E-state index contributed by atoms with van der Waals surface area (Å²) in [6, 6.07) is 11.4.